The molecule has 0 aliphatic carbocycles. The van der Waals surface area contributed by atoms with Gasteiger partial charge in [-0.1, -0.05) is 30.3 Å². The number of aliphatic hydroxyl groups is 1. The van der Waals surface area contributed by atoms with Crippen molar-refractivity contribution in [3.05, 3.63) is 60.2 Å². The number of hydrogen-bond donors (Lipinski definition) is 2. The second kappa shape index (κ2) is 5.75. The average molecular weight is 271 g/mol. The van der Waals surface area contributed by atoms with E-state index in [4.69, 9.17) is 4.74 Å². The van der Waals surface area contributed by atoms with Gasteiger partial charge in [0.1, 0.15) is 5.75 Å². The fraction of sp³-hybridized carbons (Fsp3) is 0.188. The van der Waals surface area contributed by atoms with Crippen molar-refractivity contribution in [2.24, 2.45) is 0 Å². The summed E-state index contributed by atoms with van der Waals surface area (Å²) in [5.74, 6) is 0.196. The number of benzene rings is 2. The molecule has 0 radical (unpaired) electrons. The van der Waals surface area contributed by atoms with Gasteiger partial charge in [0.25, 0.3) is 5.91 Å². The first-order valence-corrected chi connectivity index (χ1v) is 6.27. The molecule has 0 aliphatic rings. The molecule has 4 heteroatoms. The quantitative estimate of drug-likeness (QED) is 0.898. The lowest BCUT2D eigenvalue weighted by atomic mass is 9.95. The highest BCUT2D eigenvalue weighted by Gasteiger charge is 2.32. The zero-order valence-electron chi connectivity index (χ0n) is 11.5. The largest absolute Gasteiger partial charge is 0.497 e. The molecule has 1 unspecified atom stereocenters. The normalized spacial score (nSPS) is 13.3. The van der Waals surface area contributed by atoms with Crippen LogP contribution in [-0.4, -0.2) is 18.1 Å². The van der Waals surface area contributed by atoms with E-state index in [0.717, 1.165) is 0 Å². The van der Waals surface area contributed by atoms with E-state index >= 15 is 0 Å². The molecule has 104 valence electrons. The maximum atomic E-state index is 12.2. The molecule has 0 fully saturated rings. The molecule has 4 nitrogen and oxygen atoms in total. The summed E-state index contributed by atoms with van der Waals surface area (Å²) in [5.41, 5.74) is -0.458. The van der Waals surface area contributed by atoms with E-state index in [-0.39, 0.29) is 0 Å². The number of para-hydroxylation sites is 1. The van der Waals surface area contributed by atoms with Crippen molar-refractivity contribution in [1.29, 1.82) is 0 Å². The van der Waals surface area contributed by atoms with Gasteiger partial charge >= 0.3 is 0 Å². The van der Waals surface area contributed by atoms with Crippen LogP contribution in [0.25, 0.3) is 0 Å². The van der Waals surface area contributed by atoms with Crippen molar-refractivity contribution in [3.8, 4) is 5.75 Å². The van der Waals surface area contributed by atoms with E-state index in [2.05, 4.69) is 5.32 Å². The Morgan fingerprint density at radius 3 is 2.25 bits per heavy atom. The van der Waals surface area contributed by atoms with Crippen LogP contribution in [0.15, 0.2) is 54.6 Å². The third-order valence-electron chi connectivity index (χ3n) is 3.13. The number of rotatable bonds is 4. The summed E-state index contributed by atoms with van der Waals surface area (Å²) in [6.45, 7) is 1.47. The predicted molar refractivity (Wildman–Crippen MR) is 77.6 cm³/mol. The Morgan fingerprint density at radius 2 is 1.70 bits per heavy atom. The monoisotopic (exact) mass is 271 g/mol. The molecular weight excluding hydrogens is 254 g/mol. The van der Waals surface area contributed by atoms with Gasteiger partial charge in [0.2, 0.25) is 0 Å². The third kappa shape index (κ3) is 2.97. The fourth-order valence-corrected chi connectivity index (χ4v) is 1.82. The Bertz CT molecular complexity index is 576. The Morgan fingerprint density at radius 1 is 1.10 bits per heavy atom. The van der Waals surface area contributed by atoms with Crippen LogP contribution in [0.4, 0.5) is 5.69 Å². The highest BCUT2D eigenvalue weighted by molar-refractivity contribution is 5.97. The van der Waals surface area contributed by atoms with Crippen molar-refractivity contribution in [2.75, 3.05) is 12.4 Å². The molecule has 1 amide bonds. The standard InChI is InChI=1S/C16H17NO3/c1-16(19,12-8-10-14(20-2)11-9-12)15(18)17-13-6-4-3-5-7-13/h3-11,19H,1-2H3,(H,17,18). The van der Waals surface area contributed by atoms with E-state index in [9.17, 15) is 9.90 Å². The topological polar surface area (TPSA) is 58.6 Å². The highest BCUT2D eigenvalue weighted by atomic mass is 16.5. The van der Waals surface area contributed by atoms with Crippen LogP contribution >= 0.6 is 0 Å². The van der Waals surface area contributed by atoms with Crippen LogP contribution in [0.1, 0.15) is 12.5 Å². The molecule has 2 aromatic rings. The van der Waals surface area contributed by atoms with E-state index < -0.39 is 11.5 Å². The van der Waals surface area contributed by atoms with Gasteiger partial charge in [-0.15, -0.1) is 0 Å². The van der Waals surface area contributed by atoms with Gasteiger partial charge in [-0.05, 0) is 36.8 Å². The summed E-state index contributed by atoms with van der Waals surface area (Å²) in [4.78, 5) is 12.2. The Labute approximate surface area is 118 Å². The minimum atomic E-state index is -1.61. The number of hydrogen-bond acceptors (Lipinski definition) is 3. The van der Waals surface area contributed by atoms with Gasteiger partial charge in [0, 0.05) is 5.69 Å². The number of anilines is 1. The summed E-state index contributed by atoms with van der Waals surface area (Å²) >= 11 is 0. The summed E-state index contributed by atoms with van der Waals surface area (Å²) in [6, 6.07) is 15.8. The summed E-state index contributed by atoms with van der Waals surface area (Å²) < 4.78 is 5.06. The lowest BCUT2D eigenvalue weighted by Gasteiger charge is -2.23. The number of methoxy groups -OCH3 is 1. The lowest BCUT2D eigenvalue weighted by Crippen LogP contribution is -2.37. The molecule has 2 aromatic carbocycles. The van der Waals surface area contributed by atoms with Crippen LogP contribution in [0, 0.1) is 0 Å². The molecule has 0 saturated carbocycles. The van der Waals surface area contributed by atoms with Crippen molar-refractivity contribution < 1.29 is 14.6 Å². The maximum absolute atomic E-state index is 12.2. The summed E-state index contributed by atoms with van der Waals surface area (Å²) in [5, 5.41) is 13.1. The molecule has 2 N–H and O–H groups in total. The van der Waals surface area contributed by atoms with Crippen molar-refractivity contribution >= 4 is 11.6 Å². The minimum absolute atomic E-state index is 0.478. The van der Waals surface area contributed by atoms with Crippen LogP contribution < -0.4 is 10.1 Å². The lowest BCUT2D eigenvalue weighted by molar-refractivity contribution is -0.133. The first-order valence-electron chi connectivity index (χ1n) is 6.27. The van der Waals surface area contributed by atoms with E-state index in [1.807, 2.05) is 18.2 Å². The van der Waals surface area contributed by atoms with Gasteiger partial charge in [0.15, 0.2) is 5.60 Å². The SMILES string of the molecule is COc1ccc(C(C)(O)C(=O)Nc2ccccc2)cc1. The fourth-order valence-electron chi connectivity index (χ4n) is 1.82. The molecule has 0 spiro atoms. The number of nitrogens with one attached hydrogen (secondary N) is 1. The summed E-state index contributed by atoms with van der Waals surface area (Å²) in [6.07, 6.45) is 0. The van der Waals surface area contributed by atoms with Crippen molar-refractivity contribution in [3.63, 3.8) is 0 Å². The summed E-state index contributed by atoms with van der Waals surface area (Å²) in [7, 11) is 1.56. The average Bonchev–Trinajstić information content (AvgIpc) is 2.48. The zero-order valence-corrected chi connectivity index (χ0v) is 11.5. The smallest absolute Gasteiger partial charge is 0.260 e. The van der Waals surface area contributed by atoms with Gasteiger partial charge in [-0.2, -0.15) is 0 Å². The van der Waals surface area contributed by atoms with Crippen molar-refractivity contribution in [1.82, 2.24) is 0 Å². The van der Waals surface area contributed by atoms with Gasteiger partial charge in [0.05, 0.1) is 7.11 Å². The second-order valence-electron chi connectivity index (χ2n) is 4.62. The molecule has 2 rings (SSSR count). The van der Waals surface area contributed by atoms with Crippen LogP contribution in [0.3, 0.4) is 0 Å². The molecule has 0 aliphatic heterocycles. The Balaban J connectivity index is 2.18. The van der Waals surface area contributed by atoms with Gasteiger partial charge < -0.3 is 15.2 Å². The molecule has 0 aromatic heterocycles. The number of carbonyl (C=O) groups is 1. The Kier molecular flexibility index (Phi) is 4.05. The second-order valence-corrected chi connectivity index (χ2v) is 4.62. The van der Waals surface area contributed by atoms with Crippen LogP contribution in [0.2, 0.25) is 0 Å². The Hall–Kier alpha value is -2.33. The van der Waals surface area contributed by atoms with Crippen LogP contribution in [-0.2, 0) is 10.4 Å². The molecule has 0 heterocycles. The number of amides is 1. The van der Waals surface area contributed by atoms with Gasteiger partial charge in [-0.3, -0.25) is 4.79 Å². The third-order valence-corrected chi connectivity index (χ3v) is 3.13. The van der Waals surface area contributed by atoms with E-state index in [1.54, 1.807) is 43.5 Å². The first-order chi connectivity index (χ1) is 9.54. The van der Waals surface area contributed by atoms with E-state index in [0.29, 0.717) is 17.0 Å². The highest BCUT2D eigenvalue weighted by Crippen LogP contribution is 2.24. The first kappa shape index (κ1) is 14.1. The van der Waals surface area contributed by atoms with E-state index in [1.165, 1.54) is 6.92 Å². The molecular formula is C16H17NO3. The maximum Gasteiger partial charge on any atom is 0.260 e. The molecule has 0 saturated heterocycles. The molecule has 20 heavy (non-hydrogen) atoms. The zero-order chi connectivity index (χ0) is 14.6. The molecule has 0 bridgehead atoms. The van der Waals surface area contributed by atoms with Crippen LogP contribution in [0.5, 0.6) is 5.75 Å². The van der Waals surface area contributed by atoms with Crippen molar-refractivity contribution in [2.45, 2.75) is 12.5 Å². The number of carbonyl (C=O) groups excluding carboxylic acids is 1. The predicted octanol–water partition coefficient (Wildman–Crippen LogP) is 2.54. The minimum Gasteiger partial charge on any atom is -0.497 e. The molecule has 1 atom stereocenters. The van der Waals surface area contributed by atoms with Gasteiger partial charge in [-0.25, -0.2) is 0 Å². The number of ether oxygens (including phenoxy) is 1.